The number of hydrogen-bond acceptors (Lipinski definition) is 2. The van der Waals surface area contributed by atoms with E-state index in [1.807, 2.05) is 12.1 Å². The van der Waals surface area contributed by atoms with Gasteiger partial charge in [-0.15, -0.1) is 0 Å². The van der Waals surface area contributed by atoms with Gasteiger partial charge in [0, 0.05) is 11.6 Å². The molecule has 1 aromatic rings. The van der Waals surface area contributed by atoms with Gasteiger partial charge in [0.25, 0.3) is 0 Å². The fourth-order valence-corrected chi connectivity index (χ4v) is 2.39. The van der Waals surface area contributed by atoms with E-state index in [1.54, 1.807) is 12.1 Å². The molecule has 0 aliphatic carbocycles. The Labute approximate surface area is 93.1 Å². The number of carboxylic acid groups (broad SMARTS) is 1. The second-order valence-electron chi connectivity index (χ2n) is 3.79. The molecule has 1 atom stereocenters. The van der Waals surface area contributed by atoms with Crippen LogP contribution >= 0.6 is 11.6 Å². The average Bonchev–Trinajstić information content (AvgIpc) is 2.68. The van der Waals surface area contributed by atoms with Gasteiger partial charge in [-0.3, -0.25) is 4.79 Å². The summed E-state index contributed by atoms with van der Waals surface area (Å²) in [7, 11) is 0. The predicted molar refractivity (Wildman–Crippen MR) is 58.3 cm³/mol. The van der Waals surface area contributed by atoms with Crippen molar-refractivity contribution in [2.45, 2.75) is 11.8 Å². The number of nitrogens with one attached hydrogen (secondary N) is 1. The summed E-state index contributed by atoms with van der Waals surface area (Å²) in [6.07, 6.45) is 0.589. The molecule has 1 heterocycles. The van der Waals surface area contributed by atoms with Crippen LogP contribution in [-0.4, -0.2) is 24.2 Å². The highest BCUT2D eigenvalue weighted by atomic mass is 35.5. The predicted octanol–water partition coefficient (Wildman–Crippen LogP) is 1.66. The van der Waals surface area contributed by atoms with E-state index in [9.17, 15) is 9.90 Å². The minimum Gasteiger partial charge on any atom is -0.481 e. The first-order valence-electron chi connectivity index (χ1n) is 4.86. The normalized spacial score (nSPS) is 25.4. The van der Waals surface area contributed by atoms with Gasteiger partial charge in [-0.1, -0.05) is 29.8 Å². The van der Waals surface area contributed by atoms with Crippen molar-refractivity contribution in [2.24, 2.45) is 0 Å². The molecular formula is C11H12ClNO2. The maximum absolute atomic E-state index is 11.4. The molecule has 0 amide bonds. The van der Waals surface area contributed by atoms with Gasteiger partial charge in [-0.05, 0) is 24.6 Å². The minimum absolute atomic E-state index is 0.450. The van der Waals surface area contributed by atoms with Crippen LogP contribution in [0.5, 0.6) is 0 Å². The third-order valence-corrected chi connectivity index (χ3v) is 3.28. The molecule has 1 unspecified atom stereocenters. The molecule has 0 saturated carbocycles. The second kappa shape index (κ2) is 3.83. The lowest BCUT2D eigenvalue weighted by atomic mass is 9.80. The van der Waals surface area contributed by atoms with Crippen molar-refractivity contribution in [2.75, 3.05) is 13.1 Å². The summed E-state index contributed by atoms with van der Waals surface area (Å²) in [5, 5.41) is 13.0. The van der Waals surface area contributed by atoms with E-state index in [2.05, 4.69) is 5.32 Å². The summed E-state index contributed by atoms with van der Waals surface area (Å²) in [5.74, 6) is -0.805. The highest BCUT2D eigenvalue weighted by Gasteiger charge is 2.44. The van der Waals surface area contributed by atoms with Crippen molar-refractivity contribution in [3.05, 3.63) is 34.9 Å². The van der Waals surface area contributed by atoms with E-state index in [0.717, 1.165) is 6.54 Å². The fraction of sp³-hybridized carbons (Fsp3) is 0.364. The van der Waals surface area contributed by atoms with Gasteiger partial charge in [0.1, 0.15) is 5.41 Å². The van der Waals surface area contributed by atoms with Crippen molar-refractivity contribution >= 4 is 17.6 Å². The monoisotopic (exact) mass is 225 g/mol. The fourth-order valence-electron chi connectivity index (χ4n) is 2.07. The Morgan fingerprint density at radius 3 is 2.73 bits per heavy atom. The molecule has 1 aliphatic heterocycles. The molecule has 80 valence electrons. The number of halogens is 1. The zero-order chi connectivity index (χ0) is 10.9. The number of carbonyl (C=O) groups is 1. The van der Waals surface area contributed by atoms with E-state index in [4.69, 9.17) is 11.6 Å². The lowest BCUT2D eigenvalue weighted by Crippen LogP contribution is -2.38. The van der Waals surface area contributed by atoms with E-state index >= 15 is 0 Å². The van der Waals surface area contributed by atoms with Crippen LogP contribution in [0.3, 0.4) is 0 Å². The Morgan fingerprint density at radius 1 is 1.47 bits per heavy atom. The van der Waals surface area contributed by atoms with Gasteiger partial charge in [0.05, 0.1) is 0 Å². The molecule has 0 spiro atoms. The van der Waals surface area contributed by atoms with Crippen molar-refractivity contribution in [1.82, 2.24) is 5.32 Å². The van der Waals surface area contributed by atoms with Crippen LogP contribution in [0, 0.1) is 0 Å². The van der Waals surface area contributed by atoms with Gasteiger partial charge in [-0.25, -0.2) is 0 Å². The van der Waals surface area contributed by atoms with Crippen molar-refractivity contribution in [1.29, 1.82) is 0 Å². The third-order valence-electron chi connectivity index (χ3n) is 2.95. The third kappa shape index (κ3) is 1.62. The molecule has 1 aliphatic rings. The molecule has 0 radical (unpaired) electrons. The summed E-state index contributed by atoms with van der Waals surface area (Å²) in [6, 6.07) is 7.16. The van der Waals surface area contributed by atoms with Crippen LogP contribution in [0.2, 0.25) is 5.02 Å². The Bertz CT molecular complexity index is 386. The molecular weight excluding hydrogens is 214 g/mol. The zero-order valence-electron chi connectivity index (χ0n) is 8.16. The van der Waals surface area contributed by atoms with Crippen LogP contribution in [0.4, 0.5) is 0 Å². The van der Waals surface area contributed by atoms with Crippen molar-refractivity contribution < 1.29 is 9.90 Å². The van der Waals surface area contributed by atoms with Crippen molar-refractivity contribution in [3.8, 4) is 0 Å². The summed E-state index contributed by atoms with van der Waals surface area (Å²) in [4.78, 5) is 11.4. The SMILES string of the molecule is O=C(O)C1(c2ccccc2Cl)CCNC1. The van der Waals surface area contributed by atoms with Gasteiger partial charge >= 0.3 is 5.97 Å². The molecule has 4 heteroatoms. The topological polar surface area (TPSA) is 49.3 Å². The van der Waals surface area contributed by atoms with Crippen LogP contribution in [-0.2, 0) is 10.2 Å². The first-order valence-corrected chi connectivity index (χ1v) is 5.24. The molecule has 2 N–H and O–H groups in total. The molecule has 15 heavy (non-hydrogen) atoms. The van der Waals surface area contributed by atoms with Crippen LogP contribution in [0.25, 0.3) is 0 Å². The van der Waals surface area contributed by atoms with Crippen LogP contribution in [0.1, 0.15) is 12.0 Å². The largest absolute Gasteiger partial charge is 0.481 e. The number of hydrogen-bond donors (Lipinski definition) is 2. The molecule has 3 nitrogen and oxygen atoms in total. The Hall–Kier alpha value is -1.06. The van der Waals surface area contributed by atoms with Gasteiger partial charge < -0.3 is 10.4 Å². The molecule has 1 saturated heterocycles. The molecule has 2 rings (SSSR count). The number of rotatable bonds is 2. The summed E-state index contributed by atoms with van der Waals surface area (Å²) < 4.78 is 0. The molecule has 1 fully saturated rings. The Kier molecular flexibility index (Phi) is 2.67. The van der Waals surface area contributed by atoms with Crippen molar-refractivity contribution in [3.63, 3.8) is 0 Å². The minimum atomic E-state index is -0.849. The van der Waals surface area contributed by atoms with E-state index in [-0.39, 0.29) is 0 Å². The zero-order valence-corrected chi connectivity index (χ0v) is 8.92. The highest BCUT2D eigenvalue weighted by Crippen LogP contribution is 2.35. The number of carboxylic acids is 1. The smallest absolute Gasteiger partial charge is 0.315 e. The first-order chi connectivity index (χ1) is 7.17. The molecule has 1 aromatic carbocycles. The summed E-state index contributed by atoms with van der Waals surface area (Å²) in [5.41, 5.74) is -0.137. The van der Waals surface area contributed by atoms with E-state index in [1.165, 1.54) is 0 Å². The van der Waals surface area contributed by atoms with Gasteiger partial charge in [0.2, 0.25) is 0 Å². The van der Waals surface area contributed by atoms with Crippen LogP contribution in [0.15, 0.2) is 24.3 Å². The first kappa shape index (κ1) is 10.5. The summed E-state index contributed by atoms with van der Waals surface area (Å²) in [6.45, 7) is 1.17. The average molecular weight is 226 g/mol. The standard InChI is InChI=1S/C11H12ClNO2/c12-9-4-2-1-3-8(9)11(10(14)15)5-6-13-7-11/h1-4,13H,5-7H2,(H,14,15). The Morgan fingerprint density at radius 2 is 2.20 bits per heavy atom. The quantitative estimate of drug-likeness (QED) is 0.805. The lowest BCUT2D eigenvalue weighted by Gasteiger charge is -2.24. The van der Waals surface area contributed by atoms with E-state index in [0.29, 0.717) is 23.6 Å². The second-order valence-corrected chi connectivity index (χ2v) is 4.20. The lowest BCUT2D eigenvalue weighted by molar-refractivity contribution is -0.143. The van der Waals surface area contributed by atoms with Gasteiger partial charge in [0.15, 0.2) is 0 Å². The van der Waals surface area contributed by atoms with Gasteiger partial charge in [-0.2, -0.15) is 0 Å². The van der Waals surface area contributed by atoms with Crippen LogP contribution < -0.4 is 5.32 Å². The van der Waals surface area contributed by atoms with E-state index < -0.39 is 11.4 Å². The molecule has 0 aromatic heterocycles. The highest BCUT2D eigenvalue weighted by molar-refractivity contribution is 6.31. The molecule has 0 bridgehead atoms. The maximum Gasteiger partial charge on any atom is 0.315 e. The summed E-state index contributed by atoms with van der Waals surface area (Å²) >= 11 is 6.05. The maximum atomic E-state index is 11.4. The Balaban J connectivity index is 2.50. The number of aliphatic carboxylic acids is 1. The number of benzene rings is 1.